The summed E-state index contributed by atoms with van der Waals surface area (Å²) in [4.78, 5) is 23.1. The number of amides is 2. The number of carbonyl (C=O) groups excluding carboxylic acids is 2. The monoisotopic (exact) mass is 252 g/mol. The number of hydrogen-bond donors (Lipinski definition) is 3. The largest absolute Gasteiger partial charge is 0.348 e. The maximum Gasteiger partial charge on any atom is 0.243 e. The first-order valence-corrected chi connectivity index (χ1v) is 5.98. The van der Waals surface area contributed by atoms with Gasteiger partial charge in [-0.2, -0.15) is 5.10 Å². The molecular weight excluding hydrogens is 232 g/mol. The van der Waals surface area contributed by atoms with Crippen LogP contribution in [-0.2, 0) is 9.59 Å². The summed E-state index contributed by atoms with van der Waals surface area (Å²) in [6, 6.07) is -0.664. The molecule has 0 aliphatic rings. The molecule has 6 heteroatoms. The number of nitrogens with one attached hydrogen (secondary N) is 3. The van der Waals surface area contributed by atoms with Crippen LogP contribution in [0.15, 0.2) is 12.4 Å². The molecule has 2 atom stereocenters. The Morgan fingerprint density at radius 3 is 2.39 bits per heavy atom. The smallest absolute Gasteiger partial charge is 0.243 e. The highest BCUT2D eigenvalue weighted by molar-refractivity contribution is 5.87. The number of rotatable bonds is 5. The van der Waals surface area contributed by atoms with Crippen LogP contribution >= 0.6 is 0 Å². The molecule has 1 aromatic heterocycles. The molecule has 2 amide bonds. The van der Waals surface area contributed by atoms with Crippen molar-refractivity contribution in [3.8, 4) is 0 Å². The molecule has 6 nitrogen and oxygen atoms in total. The van der Waals surface area contributed by atoms with E-state index in [-0.39, 0.29) is 23.8 Å². The number of hydrogen-bond acceptors (Lipinski definition) is 3. The molecule has 0 bridgehead atoms. The van der Waals surface area contributed by atoms with Gasteiger partial charge in [-0.15, -0.1) is 0 Å². The van der Waals surface area contributed by atoms with E-state index in [4.69, 9.17) is 0 Å². The Bertz CT molecular complexity index is 400. The molecule has 0 fully saturated rings. The molecule has 1 rings (SSSR count). The standard InChI is InChI=1S/C12H20N4O2/c1-7(2)11(16-9(4)17)12(18)15-8(3)10-5-13-14-6-10/h5-8,11H,1-4H3,(H,13,14)(H,15,18)(H,16,17). The van der Waals surface area contributed by atoms with Gasteiger partial charge < -0.3 is 10.6 Å². The van der Waals surface area contributed by atoms with E-state index in [0.29, 0.717) is 0 Å². The fourth-order valence-electron chi connectivity index (χ4n) is 1.64. The Morgan fingerprint density at radius 2 is 1.94 bits per heavy atom. The van der Waals surface area contributed by atoms with Crippen molar-refractivity contribution in [2.45, 2.75) is 39.8 Å². The SMILES string of the molecule is CC(=O)NC(C(=O)NC(C)c1cn[nH]c1)C(C)C. The number of carbonyl (C=O) groups is 2. The maximum atomic E-state index is 12.1. The van der Waals surface area contributed by atoms with Crippen molar-refractivity contribution in [1.82, 2.24) is 20.8 Å². The van der Waals surface area contributed by atoms with Gasteiger partial charge in [-0.1, -0.05) is 13.8 Å². The highest BCUT2D eigenvalue weighted by Gasteiger charge is 2.24. The molecule has 0 aromatic carbocycles. The molecular formula is C12H20N4O2. The van der Waals surface area contributed by atoms with Gasteiger partial charge in [0.1, 0.15) is 6.04 Å². The summed E-state index contributed by atoms with van der Waals surface area (Å²) in [7, 11) is 0. The van der Waals surface area contributed by atoms with Crippen molar-refractivity contribution in [3.05, 3.63) is 18.0 Å². The zero-order valence-corrected chi connectivity index (χ0v) is 11.2. The molecule has 1 aromatic rings. The lowest BCUT2D eigenvalue weighted by molar-refractivity contribution is -0.129. The van der Waals surface area contributed by atoms with Crippen molar-refractivity contribution in [2.24, 2.45) is 5.92 Å². The number of H-pyrrole nitrogens is 1. The van der Waals surface area contributed by atoms with Crippen molar-refractivity contribution < 1.29 is 9.59 Å². The number of nitrogens with zero attached hydrogens (tertiary/aromatic N) is 1. The lowest BCUT2D eigenvalue weighted by Crippen LogP contribution is -2.49. The predicted molar refractivity (Wildman–Crippen MR) is 67.6 cm³/mol. The van der Waals surface area contributed by atoms with Gasteiger partial charge in [0.05, 0.1) is 12.2 Å². The lowest BCUT2D eigenvalue weighted by Gasteiger charge is -2.23. The lowest BCUT2D eigenvalue weighted by atomic mass is 10.0. The van der Waals surface area contributed by atoms with Crippen LogP contribution in [0.25, 0.3) is 0 Å². The summed E-state index contributed by atoms with van der Waals surface area (Å²) in [5, 5.41) is 12.0. The van der Waals surface area contributed by atoms with Crippen LogP contribution in [0, 0.1) is 5.92 Å². The summed E-state index contributed by atoms with van der Waals surface area (Å²) in [5.41, 5.74) is 0.897. The molecule has 0 spiro atoms. The van der Waals surface area contributed by atoms with Crippen LogP contribution in [0.4, 0.5) is 0 Å². The molecule has 0 aliphatic heterocycles. The molecule has 18 heavy (non-hydrogen) atoms. The zero-order valence-electron chi connectivity index (χ0n) is 11.2. The zero-order chi connectivity index (χ0) is 13.7. The van der Waals surface area contributed by atoms with Crippen LogP contribution < -0.4 is 10.6 Å². The van der Waals surface area contributed by atoms with Gasteiger partial charge in [-0.05, 0) is 12.8 Å². The molecule has 0 aliphatic carbocycles. The molecule has 3 N–H and O–H groups in total. The normalized spacial score (nSPS) is 14.1. The van der Waals surface area contributed by atoms with Crippen LogP contribution in [0.5, 0.6) is 0 Å². The number of aromatic nitrogens is 2. The second-order valence-electron chi connectivity index (χ2n) is 4.68. The fourth-order valence-corrected chi connectivity index (χ4v) is 1.64. The van der Waals surface area contributed by atoms with E-state index in [1.54, 1.807) is 12.4 Å². The van der Waals surface area contributed by atoms with E-state index >= 15 is 0 Å². The van der Waals surface area contributed by atoms with Crippen LogP contribution in [0.3, 0.4) is 0 Å². The summed E-state index contributed by atoms with van der Waals surface area (Å²) in [6.45, 7) is 7.06. The van der Waals surface area contributed by atoms with Crippen LogP contribution in [0.2, 0.25) is 0 Å². The summed E-state index contributed by atoms with van der Waals surface area (Å²) in [6.07, 6.45) is 3.39. The third-order valence-corrected chi connectivity index (χ3v) is 2.69. The van der Waals surface area contributed by atoms with Crippen LogP contribution in [0.1, 0.15) is 39.3 Å². The van der Waals surface area contributed by atoms with Crippen molar-refractivity contribution in [2.75, 3.05) is 0 Å². The van der Waals surface area contributed by atoms with Gasteiger partial charge in [0.25, 0.3) is 0 Å². The molecule has 0 saturated heterocycles. The molecule has 100 valence electrons. The van der Waals surface area contributed by atoms with E-state index in [2.05, 4.69) is 20.8 Å². The maximum absolute atomic E-state index is 12.1. The third kappa shape index (κ3) is 3.87. The highest BCUT2D eigenvalue weighted by Crippen LogP contribution is 2.10. The predicted octanol–water partition coefficient (Wildman–Crippen LogP) is 0.748. The minimum Gasteiger partial charge on any atom is -0.348 e. The summed E-state index contributed by atoms with van der Waals surface area (Å²) < 4.78 is 0. The minimum atomic E-state index is -0.517. The average molecular weight is 252 g/mol. The first-order valence-electron chi connectivity index (χ1n) is 5.98. The molecule has 2 unspecified atom stereocenters. The molecule has 0 saturated carbocycles. The summed E-state index contributed by atoms with van der Waals surface area (Å²) in [5.74, 6) is -0.362. The Balaban J connectivity index is 2.64. The third-order valence-electron chi connectivity index (χ3n) is 2.69. The topological polar surface area (TPSA) is 86.9 Å². The van der Waals surface area contributed by atoms with Gasteiger partial charge in [0.2, 0.25) is 11.8 Å². The van der Waals surface area contributed by atoms with E-state index in [1.807, 2.05) is 20.8 Å². The van der Waals surface area contributed by atoms with E-state index < -0.39 is 6.04 Å². The van der Waals surface area contributed by atoms with Crippen molar-refractivity contribution in [1.29, 1.82) is 0 Å². The van der Waals surface area contributed by atoms with E-state index in [9.17, 15) is 9.59 Å². The van der Waals surface area contributed by atoms with Gasteiger partial charge in [-0.25, -0.2) is 0 Å². The van der Waals surface area contributed by atoms with Crippen molar-refractivity contribution >= 4 is 11.8 Å². The molecule has 0 radical (unpaired) electrons. The molecule has 1 heterocycles. The minimum absolute atomic E-state index is 0.0328. The van der Waals surface area contributed by atoms with Crippen molar-refractivity contribution in [3.63, 3.8) is 0 Å². The first kappa shape index (κ1) is 14.2. The fraction of sp³-hybridized carbons (Fsp3) is 0.583. The van der Waals surface area contributed by atoms with E-state index in [0.717, 1.165) is 5.56 Å². The second-order valence-corrected chi connectivity index (χ2v) is 4.68. The van der Waals surface area contributed by atoms with Crippen LogP contribution in [-0.4, -0.2) is 28.1 Å². The Labute approximate surface area is 107 Å². The Hall–Kier alpha value is -1.85. The average Bonchev–Trinajstić information content (AvgIpc) is 2.78. The van der Waals surface area contributed by atoms with Gasteiger partial charge in [0, 0.05) is 18.7 Å². The second kappa shape index (κ2) is 6.18. The van der Waals surface area contributed by atoms with E-state index in [1.165, 1.54) is 6.92 Å². The first-order chi connectivity index (χ1) is 8.41. The highest BCUT2D eigenvalue weighted by atomic mass is 16.2. The summed E-state index contributed by atoms with van der Waals surface area (Å²) >= 11 is 0. The van der Waals surface area contributed by atoms with Gasteiger partial charge >= 0.3 is 0 Å². The number of aromatic amines is 1. The quantitative estimate of drug-likeness (QED) is 0.722. The Kier molecular flexibility index (Phi) is 4.88. The van der Waals surface area contributed by atoms with Gasteiger partial charge in [0.15, 0.2) is 0 Å². The Morgan fingerprint density at radius 1 is 1.28 bits per heavy atom. The van der Waals surface area contributed by atoms with Gasteiger partial charge in [-0.3, -0.25) is 14.7 Å².